The van der Waals surface area contributed by atoms with E-state index in [4.69, 9.17) is 9.72 Å². The van der Waals surface area contributed by atoms with Gasteiger partial charge in [0.25, 0.3) is 5.91 Å². The fourth-order valence-electron chi connectivity index (χ4n) is 6.25. The molecule has 3 aromatic carbocycles. The van der Waals surface area contributed by atoms with E-state index in [0.717, 1.165) is 67.4 Å². The molecule has 0 spiro atoms. The number of nitrogens with one attached hydrogen (secondary N) is 2. The molecule has 1 aliphatic rings. The number of unbranched alkanes of at least 4 members (excludes halogenated alkanes) is 3. The van der Waals surface area contributed by atoms with Crippen LogP contribution < -0.4 is 20.8 Å². The average molecular weight is 589 g/mol. The Kier molecular flexibility index (Phi) is 9.20. The minimum atomic E-state index is -0.319. The molecule has 7 nitrogen and oxygen atoms in total. The molecule has 0 unspecified atom stereocenters. The highest BCUT2D eigenvalue weighted by Gasteiger charge is 2.18. The van der Waals surface area contributed by atoms with Crippen molar-refractivity contribution in [1.29, 1.82) is 0 Å². The van der Waals surface area contributed by atoms with Crippen molar-refractivity contribution in [3.63, 3.8) is 0 Å². The molecule has 5 aromatic rings. The zero-order valence-corrected chi connectivity index (χ0v) is 25.4. The summed E-state index contributed by atoms with van der Waals surface area (Å²) in [6.45, 7) is 1.99. The van der Waals surface area contributed by atoms with E-state index in [9.17, 15) is 9.59 Å². The van der Waals surface area contributed by atoms with E-state index in [1.165, 1.54) is 35.2 Å². The van der Waals surface area contributed by atoms with E-state index in [1.807, 2.05) is 47.0 Å². The van der Waals surface area contributed by atoms with E-state index in [-0.39, 0.29) is 16.9 Å². The number of para-hydroxylation sites is 2. The van der Waals surface area contributed by atoms with Crippen molar-refractivity contribution in [3.8, 4) is 5.75 Å². The van der Waals surface area contributed by atoms with Gasteiger partial charge in [-0.1, -0.05) is 55.3 Å². The molecule has 0 saturated carbocycles. The first kappa shape index (κ1) is 29.4. The number of pyridine rings is 2. The first-order valence-corrected chi connectivity index (χ1v) is 15.8. The molecule has 0 aliphatic heterocycles. The number of nitrogens with zero attached hydrogens (tertiary/aromatic N) is 2. The number of amides is 1. The number of fused-ring (bicyclic) bond motifs is 3. The summed E-state index contributed by atoms with van der Waals surface area (Å²) in [5, 5.41) is 8.49. The van der Waals surface area contributed by atoms with Gasteiger partial charge in [0.2, 0.25) is 5.43 Å². The molecular weight excluding hydrogens is 548 g/mol. The van der Waals surface area contributed by atoms with Gasteiger partial charge in [-0.05, 0) is 80.0 Å². The summed E-state index contributed by atoms with van der Waals surface area (Å²) in [7, 11) is 1.64. The maximum absolute atomic E-state index is 13.3. The molecule has 7 heteroatoms. The van der Waals surface area contributed by atoms with Crippen LogP contribution in [0.15, 0.2) is 83.8 Å². The zero-order chi connectivity index (χ0) is 30.3. The number of methoxy groups -OCH3 is 1. The van der Waals surface area contributed by atoms with Crippen molar-refractivity contribution in [1.82, 2.24) is 14.9 Å². The van der Waals surface area contributed by atoms with Crippen LogP contribution in [0.5, 0.6) is 5.75 Å². The predicted molar refractivity (Wildman–Crippen MR) is 178 cm³/mol. The highest BCUT2D eigenvalue weighted by molar-refractivity contribution is 5.97. The van der Waals surface area contributed by atoms with Gasteiger partial charge in [-0.15, -0.1) is 0 Å². The number of ether oxygens (including phenoxy) is 1. The van der Waals surface area contributed by atoms with Crippen LogP contribution in [-0.4, -0.2) is 35.7 Å². The van der Waals surface area contributed by atoms with Crippen LogP contribution in [0.2, 0.25) is 0 Å². The average Bonchev–Trinajstić information content (AvgIpc) is 3.07. The molecule has 44 heavy (non-hydrogen) atoms. The number of hydrogen-bond donors (Lipinski definition) is 2. The zero-order valence-electron chi connectivity index (χ0n) is 25.4. The molecule has 6 rings (SSSR count). The number of anilines is 1. The highest BCUT2D eigenvalue weighted by Crippen LogP contribution is 2.33. The Morgan fingerprint density at radius 1 is 0.864 bits per heavy atom. The largest absolute Gasteiger partial charge is 0.497 e. The van der Waals surface area contributed by atoms with Crippen molar-refractivity contribution >= 4 is 33.4 Å². The fraction of sp³-hybridized carbons (Fsp3) is 0.324. The minimum absolute atomic E-state index is 0.175. The minimum Gasteiger partial charge on any atom is -0.497 e. The van der Waals surface area contributed by atoms with Crippen molar-refractivity contribution < 1.29 is 9.53 Å². The number of benzene rings is 3. The van der Waals surface area contributed by atoms with Crippen LogP contribution in [-0.2, 0) is 19.4 Å². The molecule has 0 radical (unpaired) electrons. The highest BCUT2D eigenvalue weighted by atomic mass is 16.5. The number of hydrogen-bond acceptors (Lipinski definition) is 5. The summed E-state index contributed by atoms with van der Waals surface area (Å²) >= 11 is 0. The Bertz CT molecular complexity index is 1830. The van der Waals surface area contributed by atoms with Crippen molar-refractivity contribution in [3.05, 3.63) is 112 Å². The van der Waals surface area contributed by atoms with E-state index >= 15 is 0 Å². The maximum atomic E-state index is 13.3. The molecule has 2 heterocycles. The molecule has 0 fully saturated rings. The normalized spacial score (nSPS) is 12.7. The molecule has 0 atom stereocenters. The molecule has 2 N–H and O–H groups in total. The van der Waals surface area contributed by atoms with Gasteiger partial charge in [-0.2, -0.15) is 0 Å². The first-order chi connectivity index (χ1) is 21.6. The van der Waals surface area contributed by atoms with Gasteiger partial charge in [-0.25, -0.2) is 0 Å². The molecule has 0 saturated heterocycles. The van der Waals surface area contributed by atoms with Crippen LogP contribution in [0.1, 0.15) is 65.7 Å². The van der Waals surface area contributed by atoms with E-state index in [1.54, 1.807) is 19.4 Å². The maximum Gasteiger partial charge on any atom is 0.256 e. The fourth-order valence-corrected chi connectivity index (χ4v) is 6.25. The van der Waals surface area contributed by atoms with Crippen LogP contribution in [0.25, 0.3) is 21.8 Å². The van der Waals surface area contributed by atoms with Gasteiger partial charge in [0.05, 0.1) is 18.1 Å². The van der Waals surface area contributed by atoms with Crippen molar-refractivity contribution in [2.24, 2.45) is 0 Å². The molecular formula is C37H40N4O3. The van der Waals surface area contributed by atoms with Gasteiger partial charge in [0.15, 0.2) is 0 Å². The second-order valence-corrected chi connectivity index (χ2v) is 11.6. The molecule has 1 amide bonds. The molecule has 1 aliphatic carbocycles. The third kappa shape index (κ3) is 6.47. The lowest BCUT2D eigenvalue weighted by atomic mass is 9.92. The summed E-state index contributed by atoms with van der Waals surface area (Å²) < 4.78 is 7.25. The van der Waals surface area contributed by atoms with Gasteiger partial charge < -0.3 is 19.9 Å². The van der Waals surface area contributed by atoms with Gasteiger partial charge in [0.1, 0.15) is 11.3 Å². The summed E-state index contributed by atoms with van der Waals surface area (Å²) in [5.41, 5.74) is 6.80. The second-order valence-electron chi connectivity index (χ2n) is 11.6. The number of aryl methyl sites for hydroxylation is 1. The summed E-state index contributed by atoms with van der Waals surface area (Å²) in [6, 6.07) is 23.7. The second kappa shape index (κ2) is 13.8. The first-order valence-electron chi connectivity index (χ1n) is 15.8. The van der Waals surface area contributed by atoms with E-state index < -0.39 is 0 Å². The number of rotatable bonds is 12. The number of carbonyl (C=O) groups is 1. The van der Waals surface area contributed by atoms with Crippen molar-refractivity contribution in [2.45, 2.75) is 57.9 Å². The third-order valence-corrected chi connectivity index (χ3v) is 8.60. The molecule has 2 aromatic heterocycles. The lowest BCUT2D eigenvalue weighted by Crippen LogP contribution is -2.30. The van der Waals surface area contributed by atoms with Crippen molar-refractivity contribution in [2.75, 3.05) is 25.5 Å². The van der Waals surface area contributed by atoms with Gasteiger partial charge in [-0.3, -0.25) is 14.6 Å². The SMILES string of the molecule is COc1ccc(Cn2cc(C(=O)NCCCCCCNc3c4c(nc5ccccc35)CCCC4)c(=O)c3ccccc32)cc1. The number of carbonyl (C=O) groups excluding carboxylic acids is 1. The summed E-state index contributed by atoms with van der Waals surface area (Å²) in [4.78, 5) is 31.4. The Balaban J connectivity index is 1.02. The van der Waals surface area contributed by atoms with Crippen LogP contribution >= 0.6 is 0 Å². The topological polar surface area (TPSA) is 85.2 Å². The third-order valence-electron chi connectivity index (χ3n) is 8.60. The van der Waals surface area contributed by atoms with Crippen LogP contribution in [0.4, 0.5) is 5.69 Å². The summed E-state index contributed by atoms with van der Waals surface area (Å²) in [5.74, 6) is 0.469. The monoisotopic (exact) mass is 588 g/mol. The quantitative estimate of drug-likeness (QED) is 0.155. The molecule has 226 valence electrons. The van der Waals surface area contributed by atoms with E-state index in [0.29, 0.717) is 18.5 Å². The Morgan fingerprint density at radius 3 is 2.41 bits per heavy atom. The summed E-state index contributed by atoms with van der Waals surface area (Å²) in [6.07, 6.45) is 10.3. The van der Waals surface area contributed by atoms with E-state index in [2.05, 4.69) is 34.9 Å². The predicted octanol–water partition coefficient (Wildman–Crippen LogP) is 6.89. The molecule has 0 bridgehead atoms. The smallest absolute Gasteiger partial charge is 0.256 e. The Labute approximate surface area is 258 Å². The Morgan fingerprint density at radius 2 is 1.59 bits per heavy atom. The van der Waals surface area contributed by atoms with Gasteiger partial charge >= 0.3 is 0 Å². The standard InChI is InChI=1S/C37H40N4O3/c1-44-27-20-18-26(19-21-27)24-41-25-31(36(42)30-14-6-9-17-34(30)41)37(43)39-23-11-3-2-10-22-38-35-28-12-4-7-15-32(28)40-33-16-8-5-13-29(33)35/h4,6-7,9,12,14-15,17-21,25H,2-3,5,8,10-11,13,16,22-24H2,1H3,(H,38,40)(H,39,43). The van der Waals surface area contributed by atoms with Crippen LogP contribution in [0, 0.1) is 0 Å². The van der Waals surface area contributed by atoms with Crippen LogP contribution in [0.3, 0.4) is 0 Å². The number of aromatic nitrogens is 2. The lowest BCUT2D eigenvalue weighted by Gasteiger charge is -2.21. The lowest BCUT2D eigenvalue weighted by molar-refractivity contribution is 0.0951. The van der Waals surface area contributed by atoms with Gasteiger partial charge in [0, 0.05) is 48.0 Å². The Hall–Kier alpha value is -4.65.